The van der Waals surface area contributed by atoms with Gasteiger partial charge in [0.05, 0.1) is 11.9 Å². The molecule has 0 radical (unpaired) electrons. The van der Waals surface area contributed by atoms with Crippen LogP contribution in [-0.2, 0) is 0 Å². The molecule has 1 saturated carbocycles. The number of nitrogens with two attached hydrogens (primary N) is 1. The maximum atomic E-state index is 14.6. The van der Waals surface area contributed by atoms with Crippen LogP contribution < -0.4 is 16.1 Å². The summed E-state index contributed by atoms with van der Waals surface area (Å²) in [6.45, 7) is 0.383. The minimum Gasteiger partial charge on any atom is -0.477 e. The Labute approximate surface area is 159 Å². The van der Waals surface area contributed by atoms with Crippen LogP contribution in [0.2, 0.25) is 0 Å². The zero-order chi connectivity index (χ0) is 18.6. The monoisotopic (exact) mass is 400 g/mol. The highest BCUT2D eigenvalue weighted by Crippen LogP contribution is 2.37. The second kappa shape index (κ2) is 7.05. The van der Waals surface area contributed by atoms with Gasteiger partial charge in [0.25, 0.3) is 0 Å². The lowest BCUT2D eigenvalue weighted by molar-refractivity contribution is 0.0695. The molecular weight excluding hydrogens is 382 g/mol. The topological polar surface area (TPSA) is 101 Å². The molecule has 10 heteroatoms. The van der Waals surface area contributed by atoms with Crippen molar-refractivity contribution in [2.45, 2.75) is 25.1 Å². The van der Waals surface area contributed by atoms with Gasteiger partial charge in [-0.25, -0.2) is 18.6 Å². The van der Waals surface area contributed by atoms with Gasteiger partial charge in [-0.1, -0.05) is 0 Å². The lowest BCUT2D eigenvalue weighted by Gasteiger charge is -2.19. The van der Waals surface area contributed by atoms with E-state index in [1.54, 1.807) is 4.57 Å². The first-order valence-corrected chi connectivity index (χ1v) is 8.48. The summed E-state index contributed by atoms with van der Waals surface area (Å²) in [5.74, 6) is -2.56. The van der Waals surface area contributed by atoms with E-state index in [9.17, 15) is 23.5 Å². The van der Waals surface area contributed by atoms with Crippen LogP contribution in [0.15, 0.2) is 17.1 Å². The Morgan fingerprint density at radius 3 is 2.63 bits per heavy atom. The summed E-state index contributed by atoms with van der Waals surface area (Å²) in [7, 11) is 0. The average molecular weight is 401 g/mol. The summed E-state index contributed by atoms with van der Waals surface area (Å²) >= 11 is 0. The molecule has 1 saturated heterocycles. The summed E-state index contributed by atoms with van der Waals surface area (Å²) in [6.07, 6.45) is 1.76. The number of pyridine rings is 2. The van der Waals surface area contributed by atoms with E-state index in [1.807, 2.05) is 0 Å². The molecule has 146 valence electrons. The molecule has 1 aliphatic carbocycles. The molecule has 3 heterocycles. The maximum Gasteiger partial charge on any atom is 0.341 e. The van der Waals surface area contributed by atoms with Crippen molar-refractivity contribution >= 4 is 35.2 Å². The van der Waals surface area contributed by atoms with Crippen molar-refractivity contribution in [3.05, 3.63) is 33.9 Å². The van der Waals surface area contributed by atoms with Crippen molar-refractivity contribution in [1.29, 1.82) is 0 Å². The van der Waals surface area contributed by atoms with E-state index in [0.29, 0.717) is 0 Å². The third kappa shape index (κ3) is 3.25. The lowest BCUT2D eigenvalue weighted by Crippen LogP contribution is -2.26. The van der Waals surface area contributed by atoms with Crippen LogP contribution in [0.4, 0.5) is 14.6 Å². The number of alkyl halides is 1. The molecule has 2 aromatic heterocycles. The summed E-state index contributed by atoms with van der Waals surface area (Å²) in [5.41, 5.74) is 4.59. The molecule has 0 unspecified atom stereocenters. The summed E-state index contributed by atoms with van der Waals surface area (Å²) < 4.78 is 30.3. The van der Waals surface area contributed by atoms with Gasteiger partial charge in [-0.15, -0.1) is 12.4 Å². The maximum absolute atomic E-state index is 14.6. The van der Waals surface area contributed by atoms with Crippen molar-refractivity contribution in [3.63, 3.8) is 0 Å². The van der Waals surface area contributed by atoms with Crippen LogP contribution in [-0.4, -0.2) is 46.4 Å². The fourth-order valence-electron chi connectivity index (χ4n) is 3.47. The molecule has 2 fully saturated rings. The number of hydrogen-bond donors (Lipinski definition) is 2. The lowest BCUT2D eigenvalue weighted by atomic mass is 10.1. The predicted octanol–water partition coefficient (Wildman–Crippen LogP) is 1.72. The Morgan fingerprint density at radius 2 is 2.07 bits per heavy atom. The normalized spacial score (nSPS) is 22.1. The molecule has 0 amide bonds. The van der Waals surface area contributed by atoms with Crippen LogP contribution in [0.1, 0.15) is 29.2 Å². The Morgan fingerprint density at radius 1 is 1.37 bits per heavy atom. The first kappa shape index (κ1) is 19.5. The van der Waals surface area contributed by atoms with Crippen molar-refractivity contribution in [2.75, 3.05) is 24.5 Å². The SMILES string of the molecule is Cl.NC[C@H]1CN(c2nc3c(cc2F)c(=O)c(C(=O)O)cn3C2CC2)C[C@@H]1F. The number of carbonyl (C=O) groups is 1. The Bertz CT molecular complexity index is 963. The highest BCUT2D eigenvalue weighted by molar-refractivity contribution is 5.92. The molecule has 3 N–H and O–H groups in total. The van der Waals surface area contributed by atoms with Gasteiger partial charge in [0, 0.05) is 24.7 Å². The third-order valence-corrected chi connectivity index (χ3v) is 5.07. The van der Waals surface area contributed by atoms with E-state index in [2.05, 4.69) is 4.98 Å². The zero-order valence-corrected chi connectivity index (χ0v) is 15.1. The van der Waals surface area contributed by atoms with Crippen molar-refractivity contribution in [1.82, 2.24) is 9.55 Å². The zero-order valence-electron chi connectivity index (χ0n) is 14.3. The van der Waals surface area contributed by atoms with E-state index in [0.717, 1.165) is 18.9 Å². The number of carboxylic acids is 1. The number of fused-ring (bicyclic) bond motifs is 1. The van der Waals surface area contributed by atoms with Gasteiger partial charge in [-0.3, -0.25) is 4.79 Å². The molecular formula is C17H19ClF2N4O3. The van der Waals surface area contributed by atoms with Crippen LogP contribution >= 0.6 is 12.4 Å². The highest BCUT2D eigenvalue weighted by atomic mass is 35.5. The number of nitrogens with zero attached hydrogens (tertiary/aromatic N) is 3. The summed E-state index contributed by atoms with van der Waals surface area (Å²) in [4.78, 5) is 29.5. The van der Waals surface area contributed by atoms with E-state index in [1.165, 1.54) is 11.1 Å². The van der Waals surface area contributed by atoms with Crippen LogP contribution in [0.3, 0.4) is 0 Å². The number of aromatic carboxylic acids is 1. The Kier molecular flexibility index (Phi) is 5.09. The quantitative estimate of drug-likeness (QED) is 0.810. The number of anilines is 1. The van der Waals surface area contributed by atoms with E-state index in [-0.39, 0.29) is 54.9 Å². The fourth-order valence-corrected chi connectivity index (χ4v) is 3.47. The van der Waals surface area contributed by atoms with Gasteiger partial charge in [0.15, 0.2) is 11.6 Å². The van der Waals surface area contributed by atoms with Crippen molar-refractivity contribution in [3.8, 4) is 0 Å². The Balaban J connectivity index is 0.00000210. The van der Waals surface area contributed by atoms with Gasteiger partial charge >= 0.3 is 5.97 Å². The number of carboxylic acid groups (broad SMARTS) is 1. The number of hydrogen-bond acceptors (Lipinski definition) is 5. The fraction of sp³-hybridized carbons (Fsp3) is 0.471. The van der Waals surface area contributed by atoms with E-state index >= 15 is 0 Å². The first-order valence-electron chi connectivity index (χ1n) is 8.48. The molecule has 4 rings (SSSR count). The summed E-state index contributed by atoms with van der Waals surface area (Å²) in [5, 5.41) is 9.17. The average Bonchev–Trinajstić information content (AvgIpc) is 3.37. The first-order chi connectivity index (χ1) is 12.4. The van der Waals surface area contributed by atoms with Crippen molar-refractivity contribution < 1.29 is 18.7 Å². The Hall–Kier alpha value is -2.26. The number of rotatable bonds is 4. The molecule has 0 spiro atoms. The minimum absolute atomic E-state index is 0. The van der Waals surface area contributed by atoms with Crippen LogP contribution in [0.25, 0.3) is 11.0 Å². The molecule has 1 aliphatic heterocycles. The number of aromatic nitrogens is 2. The standard InChI is InChI=1S/C17H18F2N4O3.ClH/c18-12-3-10-14(24)11(17(25)26)6-23(9-1-2-9)15(10)21-16(12)22-5-8(4-20)13(19)7-22;/h3,6,8-9,13H,1-2,4-5,7,20H2,(H,25,26);1H/t8-,13-;/m0./s1. The second-order valence-electron chi connectivity index (χ2n) is 6.90. The largest absolute Gasteiger partial charge is 0.477 e. The molecule has 7 nitrogen and oxygen atoms in total. The van der Waals surface area contributed by atoms with Crippen LogP contribution in [0, 0.1) is 11.7 Å². The van der Waals surface area contributed by atoms with Gasteiger partial charge in [-0.2, -0.15) is 0 Å². The van der Waals surface area contributed by atoms with Gasteiger partial charge < -0.3 is 20.3 Å². The summed E-state index contributed by atoms with van der Waals surface area (Å²) in [6, 6.07) is 1.04. The second-order valence-corrected chi connectivity index (χ2v) is 6.90. The molecule has 0 bridgehead atoms. The third-order valence-electron chi connectivity index (χ3n) is 5.07. The van der Waals surface area contributed by atoms with E-state index < -0.39 is 34.9 Å². The molecule has 27 heavy (non-hydrogen) atoms. The molecule has 2 aromatic rings. The van der Waals surface area contributed by atoms with Crippen molar-refractivity contribution in [2.24, 2.45) is 11.7 Å². The van der Waals surface area contributed by atoms with Gasteiger partial charge in [0.2, 0.25) is 5.43 Å². The van der Waals surface area contributed by atoms with Gasteiger partial charge in [-0.05, 0) is 25.5 Å². The molecule has 2 aliphatic rings. The molecule has 2 atom stereocenters. The smallest absolute Gasteiger partial charge is 0.341 e. The van der Waals surface area contributed by atoms with E-state index in [4.69, 9.17) is 5.73 Å². The van der Waals surface area contributed by atoms with Gasteiger partial charge in [0.1, 0.15) is 17.4 Å². The predicted molar refractivity (Wildman–Crippen MR) is 98.1 cm³/mol. The highest BCUT2D eigenvalue weighted by Gasteiger charge is 2.35. The number of halogens is 3. The van der Waals surface area contributed by atoms with Crippen LogP contribution in [0.5, 0.6) is 0 Å². The molecule has 0 aromatic carbocycles. The minimum atomic E-state index is -1.36.